The van der Waals surface area contributed by atoms with E-state index in [-0.39, 0.29) is 17.2 Å². The van der Waals surface area contributed by atoms with Gasteiger partial charge in [-0.3, -0.25) is 4.79 Å². The van der Waals surface area contributed by atoms with Crippen molar-refractivity contribution in [3.8, 4) is 0 Å². The fourth-order valence-electron chi connectivity index (χ4n) is 1.95. The van der Waals surface area contributed by atoms with E-state index >= 15 is 0 Å². The molecule has 0 aromatic carbocycles. The third-order valence-corrected chi connectivity index (χ3v) is 4.12. The minimum atomic E-state index is -0.250. The molecular formula is C12H19N5O2S. The molecule has 1 aliphatic heterocycles. The molecule has 7 nitrogen and oxygen atoms in total. The topological polar surface area (TPSA) is 81.9 Å². The Balaban J connectivity index is 1.97. The molecule has 0 radical (unpaired) electrons. The average Bonchev–Trinajstić information content (AvgIpc) is 2.93. The van der Waals surface area contributed by atoms with E-state index in [2.05, 4.69) is 27.4 Å². The number of rotatable bonds is 6. The molecule has 1 N–H and O–H groups in total. The van der Waals surface area contributed by atoms with Crippen molar-refractivity contribution in [1.82, 2.24) is 25.5 Å². The van der Waals surface area contributed by atoms with Crippen LogP contribution in [-0.4, -0.2) is 51.1 Å². The molecule has 2 rings (SSSR count). The third kappa shape index (κ3) is 3.80. The van der Waals surface area contributed by atoms with Crippen molar-refractivity contribution in [3.05, 3.63) is 12.7 Å². The predicted octanol–water partition coefficient (Wildman–Crippen LogP) is 0.807. The summed E-state index contributed by atoms with van der Waals surface area (Å²) in [7, 11) is 0. The predicted molar refractivity (Wildman–Crippen MR) is 75.4 cm³/mol. The van der Waals surface area contributed by atoms with Gasteiger partial charge in [-0.25, -0.2) is 4.68 Å². The second-order valence-electron chi connectivity index (χ2n) is 4.54. The van der Waals surface area contributed by atoms with Crippen LogP contribution in [0, 0.1) is 0 Å². The standard InChI is InChI=1S/C12H19N5O2S/c1-3-6-13-11(18)9(2)20-12-14-15-16-17(12)10-4-7-19-8-5-10/h3,9-10H,1,4-8H2,2H3,(H,13,18)/t9-/m0/s1. The van der Waals surface area contributed by atoms with E-state index < -0.39 is 0 Å². The number of aromatic nitrogens is 4. The molecule has 1 saturated heterocycles. The maximum Gasteiger partial charge on any atom is 0.233 e. The van der Waals surface area contributed by atoms with Crippen LogP contribution in [0.15, 0.2) is 17.8 Å². The van der Waals surface area contributed by atoms with Crippen LogP contribution in [0.2, 0.25) is 0 Å². The Morgan fingerprint density at radius 2 is 2.40 bits per heavy atom. The van der Waals surface area contributed by atoms with Crippen molar-refractivity contribution in [3.63, 3.8) is 0 Å². The van der Waals surface area contributed by atoms with Crippen LogP contribution >= 0.6 is 11.8 Å². The second-order valence-corrected chi connectivity index (χ2v) is 5.85. The van der Waals surface area contributed by atoms with Gasteiger partial charge in [0, 0.05) is 19.8 Å². The van der Waals surface area contributed by atoms with Crippen molar-refractivity contribution in [2.24, 2.45) is 0 Å². The van der Waals surface area contributed by atoms with Crippen LogP contribution in [0.3, 0.4) is 0 Å². The van der Waals surface area contributed by atoms with Crippen molar-refractivity contribution in [2.45, 2.75) is 36.2 Å². The smallest absolute Gasteiger partial charge is 0.233 e. The highest BCUT2D eigenvalue weighted by Crippen LogP contribution is 2.27. The Hall–Kier alpha value is -1.41. The van der Waals surface area contributed by atoms with Crippen LogP contribution in [0.5, 0.6) is 0 Å². The van der Waals surface area contributed by atoms with Crippen LogP contribution < -0.4 is 5.32 Å². The average molecular weight is 297 g/mol. The van der Waals surface area contributed by atoms with Gasteiger partial charge in [0.2, 0.25) is 11.1 Å². The Labute approximate surface area is 122 Å². The highest BCUT2D eigenvalue weighted by Gasteiger charge is 2.23. The summed E-state index contributed by atoms with van der Waals surface area (Å²) in [5.74, 6) is -0.0450. The number of ether oxygens (including phenoxy) is 1. The number of nitrogens with zero attached hydrogens (tertiary/aromatic N) is 4. The van der Waals surface area contributed by atoms with Gasteiger partial charge >= 0.3 is 0 Å². The summed E-state index contributed by atoms with van der Waals surface area (Å²) in [6.45, 7) is 7.33. The number of nitrogens with one attached hydrogen (secondary N) is 1. The molecule has 0 saturated carbocycles. The molecule has 1 amide bonds. The monoisotopic (exact) mass is 297 g/mol. The van der Waals surface area contributed by atoms with E-state index in [1.165, 1.54) is 11.8 Å². The first-order valence-electron chi connectivity index (χ1n) is 6.63. The Kier molecular flexibility index (Phi) is 5.54. The van der Waals surface area contributed by atoms with Gasteiger partial charge in [0.05, 0.1) is 11.3 Å². The van der Waals surface area contributed by atoms with Gasteiger partial charge in [0.1, 0.15) is 0 Å². The van der Waals surface area contributed by atoms with Gasteiger partial charge < -0.3 is 10.1 Å². The molecule has 8 heteroatoms. The van der Waals surface area contributed by atoms with E-state index in [0.29, 0.717) is 11.7 Å². The van der Waals surface area contributed by atoms with Gasteiger partial charge in [-0.05, 0) is 30.2 Å². The second kappa shape index (κ2) is 7.39. The maximum absolute atomic E-state index is 11.8. The largest absolute Gasteiger partial charge is 0.381 e. The van der Waals surface area contributed by atoms with Gasteiger partial charge in [0.15, 0.2) is 0 Å². The van der Waals surface area contributed by atoms with E-state index in [9.17, 15) is 4.79 Å². The zero-order valence-electron chi connectivity index (χ0n) is 11.5. The maximum atomic E-state index is 11.8. The summed E-state index contributed by atoms with van der Waals surface area (Å²) in [4.78, 5) is 11.8. The molecule has 110 valence electrons. The Morgan fingerprint density at radius 3 is 3.10 bits per heavy atom. The number of carbonyl (C=O) groups excluding carboxylic acids is 1. The normalized spacial score (nSPS) is 17.6. The number of hydrogen-bond donors (Lipinski definition) is 1. The molecule has 1 atom stereocenters. The molecular weight excluding hydrogens is 278 g/mol. The van der Waals surface area contributed by atoms with Gasteiger partial charge in [-0.1, -0.05) is 17.8 Å². The van der Waals surface area contributed by atoms with Gasteiger partial charge in [-0.2, -0.15) is 0 Å². The molecule has 0 bridgehead atoms. The minimum Gasteiger partial charge on any atom is -0.381 e. The lowest BCUT2D eigenvalue weighted by molar-refractivity contribution is -0.120. The van der Waals surface area contributed by atoms with Crippen molar-refractivity contribution in [2.75, 3.05) is 19.8 Å². The first-order chi connectivity index (χ1) is 9.72. The quantitative estimate of drug-likeness (QED) is 0.618. The van der Waals surface area contributed by atoms with Crippen LogP contribution in [-0.2, 0) is 9.53 Å². The number of thioether (sulfide) groups is 1. The molecule has 2 heterocycles. The summed E-state index contributed by atoms with van der Waals surface area (Å²) >= 11 is 1.37. The summed E-state index contributed by atoms with van der Waals surface area (Å²) < 4.78 is 7.15. The number of hydrogen-bond acceptors (Lipinski definition) is 6. The van der Waals surface area contributed by atoms with Crippen molar-refractivity contribution >= 4 is 17.7 Å². The Bertz CT molecular complexity index is 458. The minimum absolute atomic E-state index is 0.0450. The number of tetrazole rings is 1. The van der Waals surface area contributed by atoms with E-state index in [0.717, 1.165) is 26.1 Å². The zero-order valence-corrected chi connectivity index (χ0v) is 12.3. The van der Waals surface area contributed by atoms with Crippen LogP contribution in [0.25, 0.3) is 0 Å². The highest BCUT2D eigenvalue weighted by atomic mass is 32.2. The SMILES string of the molecule is C=CCNC(=O)[C@H](C)Sc1nnnn1C1CCOCC1. The molecule has 20 heavy (non-hydrogen) atoms. The number of carbonyl (C=O) groups is 1. The lowest BCUT2D eigenvalue weighted by Crippen LogP contribution is -2.31. The zero-order chi connectivity index (χ0) is 14.4. The van der Waals surface area contributed by atoms with Crippen LogP contribution in [0.1, 0.15) is 25.8 Å². The molecule has 1 aromatic heterocycles. The summed E-state index contributed by atoms with van der Waals surface area (Å²) in [5, 5.41) is 15.0. The fraction of sp³-hybridized carbons (Fsp3) is 0.667. The first kappa shape index (κ1) is 15.0. The van der Waals surface area contributed by atoms with Gasteiger partial charge in [-0.15, -0.1) is 11.7 Å². The lowest BCUT2D eigenvalue weighted by Gasteiger charge is -2.22. The Morgan fingerprint density at radius 1 is 1.65 bits per heavy atom. The molecule has 0 spiro atoms. The molecule has 1 fully saturated rings. The van der Waals surface area contributed by atoms with Crippen LogP contribution in [0.4, 0.5) is 0 Å². The summed E-state index contributed by atoms with van der Waals surface area (Å²) in [5.41, 5.74) is 0. The first-order valence-corrected chi connectivity index (χ1v) is 7.51. The summed E-state index contributed by atoms with van der Waals surface area (Å²) in [6.07, 6.45) is 3.45. The van der Waals surface area contributed by atoms with Crippen molar-refractivity contribution < 1.29 is 9.53 Å². The highest BCUT2D eigenvalue weighted by molar-refractivity contribution is 8.00. The van der Waals surface area contributed by atoms with Crippen molar-refractivity contribution in [1.29, 1.82) is 0 Å². The molecule has 0 aliphatic carbocycles. The molecule has 0 unspecified atom stereocenters. The van der Waals surface area contributed by atoms with E-state index in [4.69, 9.17) is 4.74 Å². The van der Waals surface area contributed by atoms with E-state index in [1.54, 1.807) is 6.08 Å². The third-order valence-electron chi connectivity index (χ3n) is 3.07. The fourth-order valence-corrected chi connectivity index (χ4v) is 2.83. The lowest BCUT2D eigenvalue weighted by atomic mass is 10.1. The number of amides is 1. The van der Waals surface area contributed by atoms with E-state index in [1.807, 2.05) is 11.6 Å². The summed E-state index contributed by atoms with van der Waals surface area (Å²) in [6, 6.07) is 0.254. The molecule has 1 aromatic rings. The van der Waals surface area contributed by atoms with Gasteiger partial charge in [0.25, 0.3) is 0 Å². The molecule has 1 aliphatic rings.